The van der Waals surface area contributed by atoms with E-state index in [1.807, 2.05) is 32.0 Å². The highest BCUT2D eigenvalue weighted by molar-refractivity contribution is 6.09. The van der Waals surface area contributed by atoms with Crippen LogP contribution in [0.4, 0.5) is 5.69 Å². The third kappa shape index (κ3) is 3.35. The number of para-hydroxylation sites is 1. The fourth-order valence-corrected chi connectivity index (χ4v) is 2.50. The Balaban J connectivity index is 3.56. The molecular weight excluding hydrogens is 282 g/mol. The van der Waals surface area contributed by atoms with Gasteiger partial charge in [-0.3, -0.25) is 14.5 Å². The van der Waals surface area contributed by atoms with E-state index in [1.54, 1.807) is 6.92 Å². The van der Waals surface area contributed by atoms with Crippen LogP contribution in [0.3, 0.4) is 0 Å². The van der Waals surface area contributed by atoms with E-state index in [-0.39, 0.29) is 18.6 Å². The van der Waals surface area contributed by atoms with Crippen LogP contribution in [0.5, 0.6) is 0 Å². The zero-order valence-corrected chi connectivity index (χ0v) is 13.8. The number of carbonyl (C=O) groups is 3. The molecule has 1 rings (SSSR count). The number of Topliss-reactive ketones (excluding diaryl/α,β-unsaturated/α-hetero) is 1. The number of hydrogen-bond donors (Lipinski definition) is 1. The first-order chi connectivity index (χ1) is 10.1. The molecule has 1 unspecified atom stereocenters. The van der Waals surface area contributed by atoms with Crippen LogP contribution in [0.15, 0.2) is 18.2 Å². The van der Waals surface area contributed by atoms with Gasteiger partial charge in [-0.25, -0.2) is 4.79 Å². The number of carbonyl (C=O) groups excluding carboxylic acids is 2. The first-order valence-electron chi connectivity index (χ1n) is 7.27. The molecular formula is C17H23NO4. The zero-order valence-electron chi connectivity index (χ0n) is 13.8. The quantitative estimate of drug-likeness (QED) is 0.820. The predicted molar refractivity (Wildman–Crippen MR) is 85.0 cm³/mol. The summed E-state index contributed by atoms with van der Waals surface area (Å²) in [4.78, 5) is 37.0. The van der Waals surface area contributed by atoms with Crippen LogP contribution in [0, 0.1) is 13.8 Å². The molecule has 0 aromatic heterocycles. The van der Waals surface area contributed by atoms with Crippen LogP contribution >= 0.6 is 0 Å². The van der Waals surface area contributed by atoms with Crippen LogP contribution < -0.4 is 4.90 Å². The number of aryl methyl sites for hydroxylation is 2. The summed E-state index contributed by atoms with van der Waals surface area (Å²) in [5.74, 6) is -1.86. The largest absolute Gasteiger partial charge is 0.479 e. The number of ketones is 1. The molecule has 1 amide bonds. The van der Waals surface area contributed by atoms with Gasteiger partial charge in [-0.2, -0.15) is 0 Å². The Morgan fingerprint density at radius 2 is 1.68 bits per heavy atom. The highest BCUT2D eigenvalue weighted by Gasteiger charge is 2.43. The van der Waals surface area contributed by atoms with Gasteiger partial charge in [-0.05, 0) is 45.2 Å². The van der Waals surface area contributed by atoms with Gasteiger partial charge in [0, 0.05) is 0 Å². The summed E-state index contributed by atoms with van der Waals surface area (Å²) in [7, 11) is 0. The Hall–Kier alpha value is -2.17. The van der Waals surface area contributed by atoms with Gasteiger partial charge >= 0.3 is 5.97 Å². The summed E-state index contributed by atoms with van der Waals surface area (Å²) in [6, 6.07) is 5.51. The van der Waals surface area contributed by atoms with Crippen LogP contribution in [-0.2, 0) is 14.4 Å². The minimum atomic E-state index is -1.40. The van der Waals surface area contributed by atoms with Crippen LogP contribution in [0.2, 0.25) is 0 Å². The first-order valence-corrected chi connectivity index (χ1v) is 7.27. The van der Waals surface area contributed by atoms with E-state index >= 15 is 0 Å². The SMILES string of the molecule is CCC(C)(C(=O)O)N(C(=O)CC(C)=O)c1c(C)cccc1C. The fourth-order valence-electron chi connectivity index (χ4n) is 2.50. The summed E-state index contributed by atoms with van der Waals surface area (Å²) in [6.07, 6.45) is -0.0730. The third-order valence-corrected chi connectivity index (χ3v) is 3.96. The minimum Gasteiger partial charge on any atom is -0.479 e. The van der Waals surface area contributed by atoms with Crippen molar-refractivity contribution in [3.05, 3.63) is 29.3 Å². The Labute approximate surface area is 130 Å². The van der Waals surface area contributed by atoms with Crippen molar-refractivity contribution >= 4 is 23.3 Å². The molecule has 1 N–H and O–H groups in total. The third-order valence-electron chi connectivity index (χ3n) is 3.96. The molecule has 1 aromatic rings. The maximum atomic E-state index is 12.6. The topological polar surface area (TPSA) is 74.7 Å². The van der Waals surface area contributed by atoms with E-state index in [2.05, 4.69) is 0 Å². The van der Waals surface area contributed by atoms with Gasteiger partial charge in [-0.15, -0.1) is 0 Å². The number of anilines is 1. The van der Waals surface area contributed by atoms with E-state index in [0.717, 1.165) is 11.1 Å². The highest BCUT2D eigenvalue weighted by atomic mass is 16.4. The molecule has 1 aromatic carbocycles. The lowest BCUT2D eigenvalue weighted by Gasteiger charge is -2.39. The van der Waals surface area contributed by atoms with E-state index in [4.69, 9.17) is 0 Å². The molecule has 1 atom stereocenters. The summed E-state index contributed by atoms with van der Waals surface area (Å²) in [5, 5.41) is 9.65. The van der Waals surface area contributed by atoms with Crippen LogP contribution in [0.1, 0.15) is 44.7 Å². The molecule has 5 heteroatoms. The second kappa shape index (κ2) is 6.73. The van der Waals surface area contributed by atoms with Crippen LogP contribution in [0.25, 0.3) is 0 Å². The van der Waals surface area contributed by atoms with Crippen molar-refractivity contribution in [2.45, 2.75) is 53.0 Å². The fraction of sp³-hybridized carbons (Fsp3) is 0.471. The second-order valence-corrected chi connectivity index (χ2v) is 5.78. The molecule has 0 aliphatic carbocycles. The summed E-state index contributed by atoms with van der Waals surface area (Å²) < 4.78 is 0. The molecule has 0 bridgehead atoms. The van der Waals surface area contributed by atoms with Gasteiger partial charge in [0.05, 0.1) is 12.1 Å². The lowest BCUT2D eigenvalue weighted by Crippen LogP contribution is -2.56. The number of rotatable bonds is 6. The van der Waals surface area contributed by atoms with E-state index in [1.165, 1.54) is 18.7 Å². The average Bonchev–Trinajstić information content (AvgIpc) is 2.41. The lowest BCUT2D eigenvalue weighted by atomic mass is 9.92. The Kier molecular flexibility index (Phi) is 5.47. The van der Waals surface area contributed by atoms with Gasteiger partial charge in [-0.1, -0.05) is 25.1 Å². The summed E-state index contributed by atoms with van der Waals surface area (Å²) in [6.45, 7) is 8.21. The summed E-state index contributed by atoms with van der Waals surface area (Å²) in [5.41, 5.74) is 0.778. The van der Waals surface area contributed by atoms with Crippen molar-refractivity contribution in [2.24, 2.45) is 0 Å². The molecule has 5 nitrogen and oxygen atoms in total. The maximum absolute atomic E-state index is 12.6. The van der Waals surface area contributed by atoms with Crippen LogP contribution in [-0.4, -0.2) is 28.3 Å². The Morgan fingerprint density at radius 1 is 1.18 bits per heavy atom. The van der Waals surface area contributed by atoms with Crippen molar-refractivity contribution in [1.82, 2.24) is 0 Å². The molecule has 0 spiro atoms. The van der Waals surface area contributed by atoms with Crippen molar-refractivity contribution in [2.75, 3.05) is 4.90 Å². The number of amides is 1. The van der Waals surface area contributed by atoms with E-state index in [0.29, 0.717) is 5.69 Å². The highest BCUT2D eigenvalue weighted by Crippen LogP contribution is 2.33. The van der Waals surface area contributed by atoms with Crippen molar-refractivity contribution < 1.29 is 19.5 Å². The Morgan fingerprint density at radius 3 is 2.05 bits per heavy atom. The van der Waals surface area contributed by atoms with Gasteiger partial charge in [0.15, 0.2) is 0 Å². The normalized spacial score (nSPS) is 13.3. The molecule has 120 valence electrons. The van der Waals surface area contributed by atoms with Crippen molar-refractivity contribution in [3.8, 4) is 0 Å². The first kappa shape index (κ1) is 17.9. The predicted octanol–water partition coefficient (Wildman–Crippen LogP) is 2.87. The molecule has 0 radical (unpaired) electrons. The number of benzene rings is 1. The number of carboxylic acids is 1. The van der Waals surface area contributed by atoms with Gasteiger partial charge in [0.2, 0.25) is 5.91 Å². The van der Waals surface area contributed by atoms with Gasteiger partial charge in [0.25, 0.3) is 0 Å². The van der Waals surface area contributed by atoms with E-state index < -0.39 is 17.4 Å². The standard InChI is InChI=1S/C17H23NO4/c1-6-17(5,16(21)22)18(14(20)10-13(4)19)15-11(2)8-7-9-12(15)3/h7-9H,6,10H2,1-5H3,(H,21,22). The second-order valence-electron chi connectivity index (χ2n) is 5.78. The smallest absolute Gasteiger partial charge is 0.329 e. The summed E-state index contributed by atoms with van der Waals surface area (Å²) >= 11 is 0. The number of aliphatic carboxylic acids is 1. The van der Waals surface area contributed by atoms with Crippen molar-refractivity contribution in [1.29, 1.82) is 0 Å². The molecule has 0 aliphatic heterocycles. The molecule has 0 saturated heterocycles. The molecule has 0 heterocycles. The van der Waals surface area contributed by atoms with Gasteiger partial charge in [0.1, 0.15) is 11.3 Å². The van der Waals surface area contributed by atoms with Gasteiger partial charge < -0.3 is 5.11 Å². The Bertz CT molecular complexity index is 588. The molecule has 0 saturated carbocycles. The number of hydrogen-bond acceptors (Lipinski definition) is 3. The molecule has 22 heavy (non-hydrogen) atoms. The number of carboxylic acid groups (broad SMARTS) is 1. The minimum absolute atomic E-state index is 0.236. The lowest BCUT2D eigenvalue weighted by molar-refractivity contribution is -0.145. The molecule has 0 fully saturated rings. The average molecular weight is 305 g/mol. The maximum Gasteiger partial charge on any atom is 0.329 e. The molecule has 0 aliphatic rings. The number of nitrogens with zero attached hydrogens (tertiary/aromatic N) is 1. The van der Waals surface area contributed by atoms with E-state index in [9.17, 15) is 19.5 Å². The zero-order chi connectivity index (χ0) is 17.1. The van der Waals surface area contributed by atoms with Crippen molar-refractivity contribution in [3.63, 3.8) is 0 Å². The monoisotopic (exact) mass is 305 g/mol.